The number of carbonyl (C=O) groups excluding carboxylic acids is 1. The third-order valence-corrected chi connectivity index (χ3v) is 3.71. The van der Waals surface area contributed by atoms with Crippen LogP contribution in [0.15, 0.2) is 29.2 Å². The van der Waals surface area contributed by atoms with E-state index in [9.17, 15) is 13.2 Å². The van der Waals surface area contributed by atoms with Crippen LogP contribution in [0.25, 0.3) is 0 Å². The van der Waals surface area contributed by atoms with Crippen LogP contribution >= 0.6 is 11.6 Å². The van der Waals surface area contributed by atoms with Gasteiger partial charge in [0.05, 0.1) is 4.90 Å². The van der Waals surface area contributed by atoms with E-state index in [0.717, 1.165) is 6.26 Å². The van der Waals surface area contributed by atoms with Crippen LogP contribution in [0.2, 0.25) is 0 Å². The van der Waals surface area contributed by atoms with Crippen molar-refractivity contribution < 1.29 is 13.2 Å². The van der Waals surface area contributed by atoms with Gasteiger partial charge in [-0.25, -0.2) is 8.42 Å². The summed E-state index contributed by atoms with van der Waals surface area (Å²) in [5, 5.41) is 2.66. The number of halogens is 1. The number of amides is 1. The summed E-state index contributed by atoms with van der Waals surface area (Å²) in [5.74, 6) is -0.0269. The zero-order valence-corrected chi connectivity index (χ0v) is 11.2. The summed E-state index contributed by atoms with van der Waals surface area (Å²) in [4.78, 5) is 11.9. The first-order valence-electron chi connectivity index (χ1n) is 5.01. The number of nitrogens with one attached hydrogen (secondary N) is 1. The third kappa shape index (κ3) is 4.02. The fraction of sp³-hybridized carbons (Fsp3) is 0.364. The van der Waals surface area contributed by atoms with Crippen molar-refractivity contribution in [3.8, 4) is 0 Å². The normalized spacial score (nSPS) is 13.1. The lowest BCUT2D eigenvalue weighted by Gasteiger charge is -2.10. The van der Waals surface area contributed by atoms with Gasteiger partial charge in [-0.3, -0.25) is 4.79 Å². The van der Waals surface area contributed by atoms with Gasteiger partial charge in [-0.15, -0.1) is 11.6 Å². The summed E-state index contributed by atoms with van der Waals surface area (Å²) in [5.41, 5.74) is 0.310. The highest BCUT2D eigenvalue weighted by molar-refractivity contribution is 7.90. The molecule has 4 nitrogen and oxygen atoms in total. The molecule has 1 N–H and O–H groups in total. The summed E-state index contributed by atoms with van der Waals surface area (Å²) >= 11 is 5.58. The SMILES string of the molecule is CC(CCl)NC(=O)c1cccc(S(C)(=O)=O)c1. The number of sulfone groups is 1. The maximum atomic E-state index is 11.7. The highest BCUT2D eigenvalue weighted by Gasteiger charge is 2.12. The topological polar surface area (TPSA) is 63.2 Å². The van der Waals surface area contributed by atoms with Gasteiger partial charge < -0.3 is 5.32 Å². The molecule has 1 rings (SSSR count). The van der Waals surface area contributed by atoms with Crippen LogP contribution in [-0.2, 0) is 9.84 Å². The fourth-order valence-corrected chi connectivity index (χ4v) is 1.96. The molecule has 0 saturated carbocycles. The van der Waals surface area contributed by atoms with Gasteiger partial charge in [-0.2, -0.15) is 0 Å². The molecule has 0 aliphatic carbocycles. The molecule has 1 amide bonds. The van der Waals surface area contributed by atoms with Gasteiger partial charge in [0.25, 0.3) is 5.91 Å². The molecule has 0 aliphatic rings. The third-order valence-electron chi connectivity index (χ3n) is 2.13. The Morgan fingerprint density at radius 1 is 1.47 bits per heavy atom. The lowest BCUT2D eigenvalue weighted by Crippen LogP contribution is -2.33. The number of alkyl halides is 1. The predicted molar refractivity (Wildman–Crippen MR) is 67.2 cm³/mol. The van der Waals surface area contributed by atoms with Crippen molar-refractivity contribution in [1.82, 2.24) is 5.32 Å². The van der Waals surface area contributed by atoms with Gasteiger partial charge >= 0.3 is 0 Å². The average molecular weight is 276 g/mol. The van der Waals surface area contributed by atoms with Crippen LogP contribution in [0.5, 0.6) is 0 Å². The van der Waals surface area contributed by atoms with Crippen LogP contribution in [0.3, 0.4) is 0 Å². The van der Waals surface area contributed by atoms with E-state index in [4.69, 9.17) is 11.6 Å². The Labute approximate surface area is 106 Å². The predicted octanol–water partition coefficient (Wildman–Crippen LogP) is 1.45. The van der Waals surface area contributed by atoms with E-state index in [1.807, 2.05) is 0 Å². The Hall–Kier alpha value is -1.07. The molecule has 94 valence electrons. The molecule has 0 aromatic heterocycles. The molecule has 1 aromatic carbocycles. The highest BCUT2D eigenvalue weighted by atomic mass is 35.5. The van der Waals surface area contributed by atoms with E-state index in [1.54, 1.807) is 13.0 Å². The van der Waals surface area contributed by atoms with Gasteiger partial charge in [0.1, 0.15) is 0 Å². The van der Waals surface area contributed by atoms with E-state index in [2.05, 4.69) is 5.32 Å². The second kappa shape index (κ2) is 5.51. The van der Waals surface area contributed by atoms with E-state index < -0.39 is 9.84 Å². The lowest BCUT2D eigenvalue weighted by atomic mass is 10.2. The molecule has 0 saturated heterocycles. The minimum absolute atomic E-state index is 0.128. The van der Waals surface area contributed by atoms with Crippen molar-refractivity contribution >= 4 is 27.3 Å². The maximum Gasteiger partial charge on any atom is 0.251 e. The standard InChI is InChI=1S/C11H14ClNO3S/c1-8(7-12)13-11(14)9-4-3-5-10(6-9)17(2,15)16/h3-6,8H,7H2,1-2H3,(H,13,14). The van der Waals surface area contributed by atoms with Crippen LogP contribution in [-0.4, -0.2) is 32.5 Å². The summed E-state index contributed by atoms with van der Waals surface area (Å²) in [6.07, 6.45) is 1.10. The van der Waals surface area contributed by atoms with Crippen molar-refractivity contribution in [2.75, 3.05) is 12.1 Å². The Morgan fingerprint density at radius 2 is 2.12 bits per heavy atom. The Bertz CT molecular complexity index is 513. The van der Waals surface area contributed by atoms with Crippen molar-refractivity contribution in [2.45, 2.75) is 17.9 Å². The quantitative estimate of drug-likeness (QED) is 0.846. The van der Waals surface area contributed by atoms with Crippen LogP contribution in [0, 0.1) is 0 Å². The lowest BCUT2D eigenvalue weighted by molar-refractivity contribution is 0.0943. The largest absolute Gasteiger partial charge is 0.348 e. The van der Waals surface area contributed by atoms with E-state index >= 15 is 0 Å². The first-order chi connectivity index (χ1) is 7.84. The minimum Gasteiger partial charge on any atom is -0.348 e. The molecular weight excluding hydrogens is 262 g/mol. The van der Waals surface area contributed by atoms with Crippen molar-refractivity contribution in [2.24, 2.45) is 0 Å². The van der Waals surface area contributed by atoms with Crippen LogP contribution in [0.1, 0.15) is 17.3 Å². The van der Waals surface area contributed by atoms with Gasteiger partial charge in [0.15, 0.2) is 9.84 Å². The number of rotatable bonds is 4. The smallest absolute Gasteiger partial charge is 0.251 e. The summed E-state index contributed by atoms with van der Waals surface area (Å²) in [6, 6.07) is 5.75. The van der Waals surface area contributed by atoms with Gasteiger partial charge in [0, 0.05) is 23.7 Å². The van der Waals surface area contributed by atoms with E-state index in [-0.39, 0.29) is 16.8 Å². The first kappa shape index (κ1) is 14.0. The molecule has 1 aromatic rings. The monoisotopic (exact) mass is 275 g/mol. The van der Waals surface area contributed by atoms with E-state index in [1.165, 1.54) is 18.2 Å². The summed E-state index contributed by atoms with van der Waals surface area (Å²) in [6.45, 7) is 1.77. The van der Waals surface area contributed by atoms with E-state index in [0.29, 0.717) is 11.4 Å². The Balaban J connectivity index is 2.97. The van der Waals surface area contributed by atoms with Crippen LogP contribution < -0.4 is 5.32 Å². The number of hydrogen-bond acceptors (Lipinski definition) is 3. The Morgan fingerprint density at radius 3 is 2.65 bits per heavy atom. The molecule has 0 aliphatic heterocycles. The molecule has 0 spiro atoms. The van der Waals surface area contributed by atoms with Gasteiger partial charge in [-0.05, 0) is 25.1 Å². The molecule has 1 atom stereocenters. The fourth-order valence-electron chi connectivity index (χ4n) is 1.21. The second-order valence-corrected chi connectivity index (χ2v) is 6.15. The molecule has 6 heteroatoms. The second-order valence-electron chi connectivity index (χ2n) is 3.83. The Kier molecular flexibility index (Phi) is 4.54. The molecule has 0 radical (unpaired) electrons. The van der Waals surface area contributed by atoms with Gasteiger partial charge in [-0.1, -0.05) is 6.07 Å². The average Bonchev–Trinajstić information content (AvgIpc) is 2.28. The number of benzene rings is 1. The summed E-state index contributed by atoms with van der Waals surface area (Å²) < 4.78 is 22.7. The molecule has 0 fully saturated rings. The van der Waals surface area contributed by atoms with Crippen molar-refractivity contribution in [1.29, 1.82) is 0 Å². The van der Waals surface area contributed by atoms with Crippen molar-refractivity contribution in [3.63, 3.8) is 0 Å². The van der Waals surface area contributed by atoms with Crippen molar-refractivity contribution in [3.05, 3.63) is 29.8 Å². The molecule has 0 heterocycles. The highest BCUT2D eigenvalue weighted by Crippen LogP contribution is 2.11. The first-order valence-corrected chi connectivity index (χ1v) is 7.44. The zero-order valence-electron chi connectivity index (χ0n) is 9.60. The van der Waals surface area contributed by atoms with Gasteiger partial charge in [0.2, 0.25) is 0 Å². The number of carbonyl (C=O) groups is 1. The van der Waals surface area contributed by atoms with Crippen LogP contribution in [0.4, 0.5) is 0 Å². The number of hydrogen-bond donors (Lipinski definition) is 1. The maximum absolute atomic E-state index is 11.7. The molecular formula is C11H14ClNO3S. The summed E-state index contributed by atoms with van der Waals surface area (Å²) in [7, 11) is -3.30. The zero-order chi connectivity index (χ0) is 13.1. The molecule has 0 bridgehead atoms. The minimum atomic E-state index is -3.30. The molecule has 17 heavy (non-hydrogen) atoms. The molecule has 1 unspecified atom stereocenters.